The number of nitrogens with zero attached hydrogens (tertiary/aromatic N) is 1. The van der Waals surface area contributed by atoms with Gasteiger partial charge >= 0.3 is 0 Å². The molecular formula is C43H90ClNO3. The molecule has 0 spiro atoms. The zero-order valence-electron chi connectivity index (χ0n) is 33.5. The van der Waals surface area contributed by atoms with Crippen LogP contribution >= 0.6 is 0 Å². The maximum atomic E-state index is 9.50. The summed E-state index contributed by atoms with van der Waals surface area (Å²) < 4.78 is 13.3. The smallest absolute Gasteiger partial charge is 0.130 e. The molecule has 0 aliphatic carbocycles. The van der Waals surface area contributed by atoms with Crippen molar-refractivity contribution in [1.29, 1.82) is 0 Å². The molecule has 0 radical (unpaired) electrons. The van der Waals surface area contributed by atoms with Crippen LogP contribution in [0.2, 0.25) is 0 Å². The van der Waals surface area contributed by atoms with E-state index < -0.39 is 0 Å². The number of rotatable bonds is 41. The lowest BCUT2D eigenvalue weighted by atomic mass is 10.0. The largest absolute Gasteiger partial charge is 1.00 e. The first-order chi connectivity index (χ1) is 23.1. The van der Waals surface area contributed by atoms with Crippen LogP contribution in [0.3, 0.4) is 0 Å². The number of aliphatic hydroxyl groups excluding tert-OH is 1. The molecule has 0 saturated carbocycles. The zero-order chi connectivity index (χ0) is 34.4. The van der Waals surface area contributed by atoms with Crippen molar-refractivity contribution in [3.63, 3.8) is 0 Å². The Balaban J connectivity index is 0. The molecular weight excluding hydrogens is 614 g/mol. The van der Waals surface area contributed by atoms with Crippen molar-refractivity contribution in [2.75, 3.05) is 53.6 Å². The van der Waals surface area contributed by atoms with Crippen LogP contribution in [0, 0.1) is 0 Å². The fraction of sp³-hybridized carbons (Fsp3) is 1.00. The predicted octanol–water partition coefficient (Wildman–Crippen LogP) is 9.98. The quantitative estimate of drug-likeness (QED) is 0.0509. The SMILES string of the molecule is CCCCCCCCCCCCCCCCCCOCC(C[N+](C)(C)CCO)OCCCCCCCCCCCCCCCCCC.[Cl-]. The number of aliphatic hydroxyl groups is 1. The lowest BCUT2D eigenvalue weighted by Crippen LogP contribution is -3.00. The number of halogens is 1. The standard InChI is InChI=1S/C43H90NO3.ClH/c1-5-7-9-11-13-15-17-19-21-23-25-27-29-31-33-35-39-46-42-43(41-44(3,4)37-38-45)47-40-36-34-32-30-28-26-24-22-20-18-16-14-12-10-8-6-2;/h43,45H,5-42H2,1-4H3;1H/q+1;/p-1. The van der Waals surface area contributed by atoms with E-state index in [1.165, 1.54) is 199 Å². The molecule has 0 bridgehead atoms. The summed E-state index contributed by atoms with van der Waals surface area (Å²) in [5.74, 6) is 0. The van der Waals surface area contributed by atoms with E-state index in [4.69, 9.17) is 9.47 Å². The average molecular weight is 705 g/mol. The lowest BCUT2D eigenvalue weighted by molar-refractivity contribution is -0.893. The predicted molar refractivity (Wildman–Crippen MR) is 209 cm³/mol. The molecule has 1 atom stereocenters. The summed E-state index contributed by atoms with van der Waals surface area (Å²) in [6.45, 7) is 8.86. The van der Waals surface area contributed by atoms with Gasteiger partial charge in [0, 0.05) is 13.2 Å². The van der Waals surface area contributed by atoms with Gasteiger partial charge in [-0.1, -0.05) is 206 Å². The zero-order valence-corrected chi connectivity index (χ0v) is 34.3. The van der Waals surface area contributed by atoms with E-state index in [0.717, 1.165) is 37.2 Å². The van der Waals surface area contributed by atoms with Gasteiger partial charge in [-0.3, -0.25) is 0 Å². The normalized spacial score (nSPS) is 12.4. The van der Waals surface area contributed by atoms with Gasteiger partial charge in [-0.2, -0.15) is 0 Å². The second-order valence-electron chi connectivity index (χ2n) is 15.7. The van der Waals surface area contributed by atoms with Crippen LogP contribution < -0.4 is 12.4 Å². The molecule has 0 heterocycles. The highest BCUT2D eigenvalue weighted by Crippen LogP contribution is 2.16. The van der Waals surface area contributed by atoms with Crippen molar-refractivity contribution in [3.8, 4) is 0 Å². The van der Waals surface area contributed by atoms with Gasteiger partial charge in [0.25, 0.3) is 0 Å². The first kappa shape index (κ1) is 50.2. The van der Waals surface area contributed by atoms with Crippen molar-refractivity contribution >= 4 is 0 Å². The average Bonchev–Trinajstić information content (AvgIpc) is 3.05. The second kappa shape index (κ2) is 41.5. The van der Waals surface area contributed by atoms with Gasteiger partial charge < -0.3 is 31.5 Å². The Morgan fingerprint density at radius 1 is 0.438 bits per heavy atom. The maximum absolute atomic E-state index is 9.50. The Hall–Kier alpha value is 0.130. The summed E-state index contributed by atoms with van der Waals surface area (Å²) in [5, 5.41) is 9.50. The Morgan fingerprint density at radius 3 is 1.04 bits per heavy atom. The number of hydrogen-bond donors (Lipinski definition) is 1. The van der Waals surface area contributed by atoms with Crippen molar-refractivity contribution in [2.24, 2.45) is 0 Å². The van der Waals surface area contributed by atoms with Crippen molar-refractivity contribution in [2.45, 2.75) is 225 Å². The Kier molecular flexibility index (Phi) is 43.5. The van der Waals surface area contributed by atoms with Gasteiger partial charge in [0.05, 0.1) is 27.3 Å². The number of hydrogen-bond acceptors (Lipinski definition) is 3. The molecule has 48 heavy (non-hydrogen) atoms. The highest BCUT2D eigenvalue weighted by Gasteiger charge is 2.22. The third-order valence-corrected chi connectivity index (χ3v) is 10.2. The first-order valence-electron chi connectivity index (χ1n) is 21.7. The molecule has 4 nitrogen and oxygen atoms in total. The lowest BCUT2D eigenvalue weighted by Gasteiger charge is -2.32. The van der Waals surface area contributed by atoms with E-state index in [-0.39, 0.29) is 25.1 Å². The molecule has 0 aromatic rings. The molecule has 1 N–H and O–H groups in total. The molecule has 0 saturated heterocycles. The van der Waals surface area contributed by atoms with E-state index in [9.17, 15) is 5.11 Å². The van der Waals surface area contributed by atoms with Gasteiger partial charge in [0.1, 0.15) is 19.2 Å². The van der Waals surface area contributed by atoms with Crippen LogP contribution in [0.1, 0.15) is 219 Å². The molecule has 0 rings (SSSR count). The van der Waals surface area contributed by atoms with Crippen LogP contribution in [0.4, 0.5) is 0 Å². The van der Waals surface area contributed by atoms with Crippen LogP contribution in [0.5, 0.6) is 0 Å². The first-order valence-corrected chi connectivity index (χ1v) is 21.7. The summed E-state index contributed by atoms with van der Waals surface area (Å²) >= 11 is 0. The highest BCUT2D eigenvalue weighted by molar-refractivity contribution is 4.58. The number of quaternary nitrogens is 1. The fourth-order valence-corrected chi connectivity index (χ4v) is 6.93. The molecule has 0 fully saturated rings. The molecule has 0 aliphatic rings. The van der Waals surface area contributed by atoms with E-state index in [1.807, 2.05) is 0 Å². The van der Waals surface area contributed by atoms with Crippen LogP contribution in [-0.2, 0) is 9.47 Å². The van der Waals surface area contributed by atoms with E-state index in [1.54, 1.807) is 0 Å². The summed E-state index contributed by atoms with van der Waals surface area (Å²) in [6, 6.07) is 0. The molecule has 1 unspecified atom stereocenters. The summed E-state index contributed by atoms with van der Waals surface area (Å²) in [7, 11) is 4.38. The summed E-state index contributed by atoms with van der Waals surface area (Å²) in [4.78, 5) is 0. The van der Waals surface area contributed by atoms with Crippen LogP contribution in [-0.4, -0.2) is 69.3 Å². The molecule has 0 aromatic heterocycles. The molecule has 292 valence electrons. The van der Waals surface area contributed by atoms with Crippen LogP contribution in [0.15, 0.2) is 0 Å². The molecule has 0 aromatic carbocycles. The van der Waals surface area contributed by atoms with Gasteiger partial charge in [-0.25, -0.2) is 0 Å². The third-order valence-electron chi connectivity index (χ3n) is 10.2. The molecule has 0 amide bonds. The van der Waals surface area contributed by atoms with Gasteiger partial charge in [0.2, 0.25) is 0 Å². The van der Waals surface area contributed by atoms with Crippen molar-refractivity contribution in [3.05, 3.63) is 0 Å². The minimum Gasteiger partial charge on any atom is -1.00 e. The maximum Gasteiger partial charge on any atom is 0.130 e. The number of likely N-dealkylation sites (N-methyl/N-ethyl adjacent to an activating group) is 1. The summed E-state index contributed by atoms with van der Waals surface area (Å²) in [6.07, 6.45) is 44.8. The van der Waals surface area contributed by atoms with E-state index >= 15 is 0 Å². The number of ether oxygens (including phenoxy) is 2. The highest BCUT2D eigenvalue weighted by atomic mass is 35.5. The van der Waals surface area contributed by atoms with Crippen molar-refractivity contribution < 1.29 is 31.5 Å². The molecule has 0 aliphatic heterocycles. The fourth-order valence-electron chi connectivity index (χ4n) is 6.93. The van der Waals surface area contributed by atoms with Gasteiger partial charge in [-0.15, -0.1) is 0 Å². The van der Waals surface area contributed by atoms with Gasteiger partial charge in [-0.05, 0) is 12.8 Å². The minimum atomic E-state index is 0. The monoisotopic (exact) mass is 704 g/mol. The Labute approximate surface area is 309 Å². The van der Waals surface area contributed by atoms with Crippen LogP contribution in [0.25, 0.3) is 0 Å². The second-order valence-corrected chi connectivity index (χ2v) is 15.7. The summed E-state index contributed by atoms with van der Waals surface area (Å²) in [5.41, 5.74) is 0. The number of unbranched alkanes of at least 4 members (excludes halogenated alkanes) is 30. The Morgan fingerprint density at radius 2 is 0.729 bits per heavy atom. The third kappa shape index (κ3) is 40.6. The van der Waals surface area contributed by atoms with E-state index in [2.05, 4.69) is 27.9 Å². The van der Waals surface area contributed by atoms with E-state index in [0.29, 0.717) is 6.61 Å². The molecule has 5 heteroatoms. The van der Waals surface area contributed by atoms with Gasteiger partial charge in [0.15, 0.2) is 0 Å². The Bertz CT molecular complexity index is 576. The topological polar surface area (TPSA) is 38.7 Å². The minimum absolute atomic E-state index is 0. The van der Waals surface area contributed by atoms with Crippen molar-refractivity contribution in [1.82, 2.24) is 0 Å².